The van der Waals surface area contributed by atoms with Gasteiger partial charge in [-0.05, 0) is 46.2 Å². The summed E-state index contributed by atoms with van der Waals surface area (Å²) in [6.07, 6.45) is 0.589. The van der Waals surface area contributed by atoms with Crippen molar-refractivity contribution in [2.45, 2.75) is 51.0 Å². The summed E-state index contributed by atoms with van der Waals surface area (Å²) in [5, 5.41) is 0. The minimum Gasteiger partial charge on any atom is -0.460 e. The highest BCUT2D eigenvalue weighted by Gasteiger charge is 2.24. The van der Waals surface area contributed by atoms with Gasteiger partial charge in [0.25, 0.3) is 0 Å². The first-order valence-corrected chi connectivity index (χ1v) is 10.7. The molecule has 1 aromatic carbocycles. The molecule has 9 heteroatoms. The second-order valence-corrected chi connectivity index (χ2v) is 9.89. The third kappa shape index (κ3) is 7.94. The summed E-state index contributed by atoms with van der Waals surface area (Å²) in [5.74, 6) is -0.891. The predicted octanol–water partition coefficient (Wildman–Crippen LogP) is 2.09. The third-order valence-electron chi connectivity index (χ3n) is 4.05. The van der Waals surface area contributed by atoms with Gasteiger partial charge in [-0.2, -0.15) is 4.31 Å². The zero-order chi connectivity index (χ0) is 22.4. The standard InChI is InChI=1S/C20H30N2O6S/c1-15(23)16-9-11-17(12-10-16)29(26,27)22(6)14-18(24)21(5)13-7-8-19(25)28-20(2,3)4/h9-12H,7-8,13-14H2,1-6H3. The number of ketones is 1. The van der Waals surface area contributed by atoms with Crippen LogP contribution >= 0.6 is 0 Å². The van der Waals surface area contributed by atoms with E-state index in [0.717, 1.165) is 4.31 Å². The molecule has 0 heterocycles. The Bertz CT molecular complexity index is 841. The van der Waals surface area contributed by atoms with Gasteiger partial charge in [-0.15, -0.1) is 0 Å². The molecule has 0 aromatic heterocycles. The lowest BCUT2D eigenvalue weighted by Gasteiger charge is -2.22. The molecule has 0 aliphatic rings. The zero-order valence-electron chi connectivity index (χ0n) is 17.9. The van der Waals surface area contributed by atoms with Crippen LogP contribution in [0.25, 0.3) is 0 Å². The van der Waals surface area contributed by atoms with Gasteiger partial charge in [-0.3, -0.25) is 14.4 Å². The average molecular weight is 427 g/mol. The van der Waals surface area contributed by atoms with Crippen LogP contribution in [-0.2, 0) is 24.3 Å². The van der Waals surface area contributed by atoms with Crippen molar-refractivity contribution in [3.05, 3.63) is 29.8 Å². The molecule has 0 fully saturated rings. The molecule has 0 atom stereocenters. The van der Waals surface area contributed by atoms with Crippen LogP contribution < -0.4 is 0 Å². The van der Waals surface area contributed by atoms with Gasteiger partial charge in [-0.25, -0.2) is 8.42 Å². The Hall–Kier alpha value is -2.26. The number of esters is 1. The normalized spacial score (nSPS) is 12.0. The smallest absolute Gasteiger partial charge is 0.306 e. The van der Waals surface area contributed by atoms with Crippen molar-refractivity contribution in [2.75, 3.05) is 27.2 Å². The van der Waals surface area contributed by atoms with Gasteiger partial charge in [0.05, 0.1) is 11.4 Å². The first-order chi connectivity index (χ1) is 13.2. The quantitative estimate of drug-likeness (QED) is 0.443. The van der Waals surface area contributed by atoms with E-state index < -0.39 is 15.6 Å². The number of carbonyl (C=O) groups is 3. The number of Topliss-reactive ketones (excluding diaryl/α,β-unsaturated/α-hetero) is 1. The van der Waals surface area contributed by atoms with Crippen molar-refractivity contribution in [1.29, 1.82) is 0 Å². The molecule has 29 heavy (non-hydrogen) atoms. The Morgan fingerprint density at radius 2 is 1.59 bits per heavy atom. The lowest BCUT2D eigenvalue weighted by molar-refractivity contribution is -0.155. The number of amides is 1. The molecule has 0 N–H and O–H groups in total. The lowest BCUT2D eigenvalue weighted by atomic mass is 10.2. The van der Waals surface area contributed by atoms with Crippen molar-refractivity contribution in [1.82, 2.24) is 9.21 Å². The fourth-order valence-electron chi connectivity index (χ4n) is 2.42. The lowest BCUT2D eigenvalue weighted by Crippen LogP contribution is -2.39. The molecule has 0 unspecified atom stereocenters. The number of rotatable bonds is 9. The van der Waals surface area contributed by atoms with Crippen molar-refractivity contribution in [3.8, 4) is 0 Å². The Balaban J connectivity index is 2.61. The van der Waals surface area contributed by atoms with E-state index in [4.69, 9.17) is 4.74 Å². The maximum Gasteiger partial charge on any atom is 0.306 e. The molecule has 1 rings (SSSR count). The fourth-order valence-corrected chi connectivity index (χ4v) is 3.54. The minimum absolute atomic E-state index is 0.00498. The maximum absolute atomic E-state index is 12.6. The molecule has 1 amide bonds. The SMILES string of the molecule is CC(=O)c1ccc(S(=O)(=O)N(C)CC(=O)N(C)CCCC(=O)OC(C)(C)C)cc1. The minimum atomic E-state index is -3.86. The van der Waals surface area contributed by atoms with E-state index in [9.17, 15) is 22.8 Å². The number of nitrogens with zero attached hydrogens (tertiary/aromatic N) is 2. The van der Waals surface area contributed by atoms with Crippen LogP contribution in [0.15, 0.2) is 29.2 Å². The fraction of sp³-hybridized carbons (Fsp3) is 0.550. The largest absolute Gasteiger partial charge is 0.460 e. The highest BCUT2D eigenvalue weighted by molar-refractivity contribution is 7.89. The Labute approximate surface area is 172 Å². The zero-order valence-corrected chi connectivity index (χ0v) is 18.7. The summed E-state index contributed by atoms with van der Waals surface area (Å²) >= 11 is 0. The molecular formula is C20H30N2O6S. The number of ether oxygens (including phenoxy) is 1. The van der Waals surface area contributed by atoms with E-state index in [1.165, 1.54) is 43.1 Å². The Morgan fingerprint density at radius 1 is 1.03 bits per heavy atom. The van der Waals surface area contributed by atoms with Crippen LogP contribution in [0.2, 0.25) is 0 Å². The summed E-state index contributed by atoms with van der Waals surface area (Å²) in [4.78, 5) is 36.8. The van der Waals surface area contributed by atoms with Crippen molar-refractivity contribution in [2.24, 2.45) is 0 Å². The van der Waals surface area contributed by atoms with Gasteiger partial charge in [0, 0.05) is 32.6 Å². The maximum atomic E-state index is 12.6. The number of hydrogen-bond donors (Lipinski definition) is 0. The van der Waals surface area contributed by atoms with Crippen LogP contribution in [0.3, 0.4) is 0 Å². The molecule has 0 saturated heterocycles. The molecule has 0 radical (unpaired) electrons. The molecular weight excluding hydrogens is 396 g/mol. The van der Waals surface area contributed by atoms with Crippen LogP contribution in [0, 0.1) is 0 Å². The summed E-state index contributed by atoms with van der Waals surface area (Å²) in [6, 6.07) is 5.57. The molecule has 8 nitrogen and oxygen atoms in total. The molecule has 0 spiro atoms. The summed E-state index contributed by atoms with van der Waals surface area (Å²) in [5.41, 5.74) is -0.147. The Morgan fingerprint density at radius 3 is 2.07 bits per heavy atom. The highest BCUT2D eigenvalue weighted by Crippen LogP contribution is 2.16. The van der Waals surface area contributed by atoms with Gasteiger partial charge in [-0.1, -0.05) is 12.1 Å². The first kappa shape index (κ1) is 24.8. The van der Waals surface area contributed by atoms with Crippen LogP contribution in [0.1, 0.15) is 50.9 Å². The van der Waals surface area contributed by atoms with Gasteiger partial charge in [0.15, 0.2) is 5.78 Å². The third-order valence-corrected chi connectivity index (χ3v) is 5.86. The first-order valence-electron chi connectivity index (χ1n) is 9.27. The van der Waals surface area contributed by atoms with Crippen LogP contribution in [0.4, 0.5) is 0 Å². The number of carbonyl (C=O) groups excluding carboxylic acids is 3. The summed E-state index contributed by atoms with van der Waals surface area (Å²) in [6.45, 7) is 6.71. The molecule has 162 valence electrons. The second-order valence-electron chi connectivity index (χ2n) is 7.85. The highest BCUT2D eigenvalue weighted by atomic mass is 32.2. The van der Waals surface area contributed by atoms with E-state index in [2.05, 4.69) is 0 Å². The average Bonchev–Trinajstić information content (AvgIpc) is 2.59. The monoisotopic (exact) mass is 426 g/mol. The molecule has 0 aliphatic heterocycles. The van der Waals surface area contributed by atoms with Gasteiger partial charge < -0.3 is 9.64 Å². The Kier molecular flexibility index (Phi) is 8.52. The van der Waals surface area contributed by atoms with Gasteiger partial charge >= 0.3 is 5.97 Å². The molecule has 0 saturated carbocycles. The van der Waals surface area contributed by atoms with Crippen LogP contribution in [-0.4, -0.2) is 68.1 Å². The van der Waals surface area contributed by atoms with Crippen molar-refractivity contribution >= 4 is 27.7 Å². The predicted molar refractivity (Wildman–Crippen MR) is 109 cm³/mol. The summed E-state index contributed by atoms with van der Waals surface area (Å²) in [7, 11) is -0.989. The number of hydrogen-bond acceptors (Lipinski definition) is 6. The van der Waals surface area contributed by atoms with E-state index in [0.29, 0.717) is 18.5 Å². The summed E-state index contributed by atoms with van der Waals surface area (Å²) < 4.78 is 31.4. The van der Waals surface area contributed by atoms with Crippen molar-refractivity contribution in [3.63, 3.8) is 0 Å². The van der Waals surface area contributed by atoms with E-state index in [-0.39, 0.29) is 35.5 Å². The van der Waals surface area contributed by atoms with Crippen molar-refractivity contribution < 1.29 is 27.5 Å². The van der Waals surface area contributed by atoms with E-state index in [1.807, 2.05) is 0 Å². The molecule has 0 bridgehead atoms. The molecule has 0 aliphatic carbocycles. The second kappa shape index (κ2) is 9.98. The van der Waals surface area contributed by atoms with E-state index in [1.54, 1.807) is 27.8 Å². The number of likely N-dealkylation sites (N-methyl/N-ethyl adjacent to an activating group) is 2. The number of benzene rings is 1. The molecule has 1 aromatic rings. The number of sulfonamides is 1. The topological polar surface area (TPSA) is 101 Å². The van der Waals surface area contributed by atoms with Gasteiger partial charge in [0.2, 0.25) is 15.9 Å². The van der Waals surface area contributed by atoms with Crippen LogP contribution in [0.5, 0.6) is 0 Å². The van der Waals surface area contributed by atoms with Gasteiger partial charge in [0.1, 0.15) is 5.60 Å². The van der Waals surface area contributed by atoms with E-state index >= 15 is 0 Å².